The van der Waals surface area contributed by atoms with Crippen molar-refractivity contribution < 1.29 is 23.9 Å². The summed E-state index contributed by atoms with van der Waals surface area (Å²) >= 11 is 3.53. The van der Waals surface area contributed by atoms with Gasteiger partial charge in [0.05, 0.1) is 30.9 Å². The van der Waals surface area contributed by atoms with Crippen LogP contribution in [0.3, 0.4) is 0 Å². The first kappa shape index (κ1) is 31.7. The van der Waals surface area contributed by atoms with Crippen LogP contribution in [0.25, 0.3) is 10.8 Å². The second kappa shape index (κ2) is 12.7. The Balaban J connectivity index is 1.68. The van der Waals surface area contributed by atoms with Crippen molar-refractivity contribution in [3.63, 3.8) is 0 Å². The zero-order valence-corrected chi connectivity index (χ0v) is 27.0. The van der Waals surface area contributed by atoms with Gasteiger partial charge in [0.25, 0.3) is 5.91 Å². The van der Waals surface area contributed by atoms with Gasteiger partial charge in [0.2, 0.25) is 17.7 Å². The molecule has 1 aliphatic rings. The number of para-hydroxylation sites is 2. The number of amides is 4. The van der Waals surface area contributed by atoms with Crippen LogP contribution in [0.5, 0.6) is 5.75 Å². The number of primary amides is 1. The highest BCUT2D eigenvalue weighted by Crippen LogP contribution is 2.40. The molecule has 0 fully saturated rings. The van der Waals surface area contributed by atoms with Crippen LogP contribution in [0.2, 0.25) is 0 Å². The summed E-state index contributed by atoms with van der Waals surface area (Å²) in [4.78, 5) is 56.5. The molecule has 1 heterocycles. The lowest BCUT2D eigenvalue weighted by molar-refractivity contribution is -0.133. The van der Waals surface area contributed by atoms with E-state index in [0.717, 1.165) is 20.8 Å². The van der Waals surface area contributed by atoms with Crippen molar-refractivity contribution in [1.82, 2.24) is 5.32 Å². The third kappa shape index (κ3) is 6.01. The fourth-order valence-electron chi connectivity index (χ4n) is 5.75. The number of halogens is 1. The molecule has 0 aliphatic carbocycles. The monoisotopic (exact) mass is 671 g/mol. The zero-order valence-electron chi connectivity index (χ0n) is 25.4. The molecule has 4 aromatic carbocycles. The maximum absolute atomic E-state index is 14.7. The average molecular weight is 673 g/mol. The van der Waals surface area contributed by atoms with E-state index in [1.807, 2.05) is 30.3 Å². The number of likely N-dealkylation sites (N-methyl/N-ethyl adjacent to an activating group) is 1. The van der Waals surface area contributed by atoms with Crippen molar-refractivity contribution >= 4 is 67.4 Å². The first-order valence-corrected chi connectivity index (χ1v) is 15.1. The molecule has 4 aromatic rings. The van der Waals surface area contributed by atoms with E-state index in [2.05, 4.69) is 26.6 Å². The summed E-state index contributed by atoms with van der Waals surface area (Å²) in [5, 5.41) is 7.50. The third-order valence-corrected chi connectivity index (χ3v) is 8.90. The zero-order chi connectivity index (χ0) is 32.5. The van der Waals surface area contributed by atoms with Gasteiger partial charge in [0.15, 0.2) is 0 Å². The fourth-order valence-corrected chi connectivity index (χ4v) is 6.13. The van der Waals surface area contributed by atoms with Crippen LogP contribution in [0.4, 0.5) is 17.1 Å². The summed E-state index contributed by atoms with van der Waals surface area (Å²) < 4.78 is 6.67. The highest BCUT2D eigenvalue weighted by atomic mass is 79.9. The molecule has 45 heavy (non-hydrogen) atoms. The Kier molecular flexibility index (Phi) is 8.94. The molecule has 0 saturated carbocycles. The molecular formula is C34H34BrN5O5. The molecule has 232 valence electrons. The number of benzene rings is 4. The quantitative estimate of drug-likeness (QED) is 0.245. The normalized spacial score (nSPS) is 16.0. The van der Waals surface area contributed by atoms with E-state index in [0.29, 0.717) is 28.4 Å². The van der Waals surface area contributed by atoms with Gasteiger partial charge in [-0.15, -0.1) is 0 Å². The fraction of sp³-hybridized carbons (Fsp3) is 0.235. The molecule has 0 spiro atoms. The molecule has 10 nitrogen and oxygen atoms in total. The van der Waals surface area contributed by atoms with Crippen molar-refractivity contribution in [2.75, 3.05) is 35.8 Å². The van der Waals surface area contributed by atoms with Gasteiger partial charge < -0.3 is 30.9 Å². The van der Waals surface area contributed by atoms with Crippen LogP contribution in [-0.4, -0.2) is 49.9 Å². The minimum absolute atomic E-state index is 0.0977. The lowest BCUT2D eigenvalue weighted by Crippen LogP contribution is -2.63. The Morgan fingerprint density at radius 1 is 1.02 bits per heavy atom. The second-order valence-electron chi connectivity index (χ2n) is 11.1. The molecule has 4 N–H and O–H groups in total. The number of anilines is 3. The number of hydrogen-bond acceptors (Lipinski definition) is 6. The second-order valence-corrected chi connectivity index (χ2v) is 12.0. The SMILES string of the molecule is CNC(C)(C(N)=O)[C@@H]1CN(C(=O)c2ccc(NC(C)=O)cc2)c2ccccc2N(Cc2c(OC)ccc3cc(Br)ccc23)C1=O. The maximum atomic E-state index is 14.7. The molecule has 0 aromatic heterocycles. The summed E-state index contributed by atoms with van der Waals surface area (Å²) in [6.07, 6.45) is 0. The average Bonchev–Trinajstić information content (AvgIpc) is 3.14. The number of fused-ring (bicyclic) bond motifs is 2. The van der Waals surface area contributed by atoms with Crippen LogP contribution in [-0.2, 0) is 20.9 Å². The van der Waals surface area contributed by atoms with E-state index in [1.54, 1.807) is 74.5 Å². The van der Waals surface area contributed by atoms with Gasteiger partial charge in [-0.2, -0.15) is 0 Å². The predicted octanol–water partition coefficient (Wildman–Crippen LogP) is 4.84. The van der Waals surface area contributed by atoms with Crippen LogP contribution >= 0.6 is 15.9 Å². The van der Waals surface area contributed by atoms with Gasteiger partial charge in [-0.05, 0) is 79.3 Å². The Hall–Kier alpha value is -4.74. The molecule has 1 aliphatic heterocycles. The minimum atomic E-state index is -1.50. The number of nitrogens with zero attached hydrogens (tertiary/aromatic N) is 2. The van der Waals surface area contributed by atoms with Crippen molar-refractivity contribution in [1.29, 1.82) is 0 Å². The molecule has 2 atom stereocenters. The van der Waals surface area contributed by atoms with Gasteiger partial charge in [-0.1, -0.05) is 40.2 Å². The lowest BCUT2D eigenvalue weighted by atomic mass is 9.83. The van der Waals surface area contributed by atoms with Gasteiger partial charge in [0.1, 0.15) is 11.3 Å². The Bertz CT molecular complexity index is 1810. The van der Waals surface area contributed by atoms with E-state index in [4.69, 9.17) is 10.5 Å². The maximum Gasteiger partial charge on any atom is 0.258 e. The third-order valence-electron chi connectivity index (χ3n) is 8.40. The van der Waals surface area contributed by atoms with E-state index < -0.39 is 17.4 Å². The summed E-state index contributed by atoms with van der Waals surface area (Å²) in [5.41, 5.74) is 7.05. The van der Waals surface area contributed by atoms with Crippen LogP contribution in [0.15, 0.2) is 83.3 Å². The highest BCUT2D eigenvalue weighted by Gasteiger charge is 2.48. The topological polar surface area (TPSA) is 134 Å². The van der Waals surface area contributed by atoms with Gasteiger partial charge in [-0.25, -0.2) is 0 Å². The van der Waals surface area contributed by atoms with E-state index in [9.17, 15) is 19.2 Å². The number of carbonyl (C=O) groups excluding carboxylic acids is 4. The van der Waals surface area contributed by atoms with Crippen LogP contribution in [0.1, 0.15) is 29.8 Å². The standard InChI is InChI=1S/C34H34BrN5O5/c1-20(41)38-24-13-9-21(10-14-24)31(42)40-19-27(34(2,37-3)33(36)44)32(43)39(28-7-5-6-8-29(28)40)18-26-25-15-12-23(35)17-22(25)11-16-30(26)45-4/h5-17,27,37H,18-19H2,1-4H3,(H2,36,44)(H,38,41)/t27-,34?/m1/s1. The molecule has 5 rings (SSSR count). The number of nitrogens with one attached hydrogen (secondary N) is 2. The number of hydrogen-bond donors (Lipinski definition) is 3. The smallest absolute Gasteiger partial charge is 0.258 e. The Labute approximate surface area is 269 Å². The summed E-state index contributed by atoms with van der Waals surface area (Å²) in [6, 6.07) is 23.3. The lowest BCUT2D eigenvalue weighted by Gasteiger charge is -2.36. The molecule has 1 unspecified atom stereocenters. The van der Waals surface area contributed by atoms with E-state index in [1.165, 1.54) is 11.8 Å². The molecule has 4 amide bonds. The Morgan fingerprint density at radius 2 is 1.71 bits per heavy atom. The number of rotatable bonds is 8. The number of methoxy groups -OCH3 is 1. The predicted molar refractivity (Wildman–Crippen MR) is 178 cm³/mol. The van der Waals surface area contributed by atoms with E-state index in [-0.39, 0.29) is 30.8 Å². The van der Waals surface area contributed by atoms with Crippen molar-refractivity contribution in [3.05, 3.63) is 94.5 Å². The Morgan fingerprint density at radius 3 is 2.33 bits per heavy atom. The minimum Gasteiger partial charge on any atom is -0.496 e. The number of carbonyl (C=O) groups is 4. The van der Waals surface area contributed by atoms with Crippen molar-refractivity contribution in [2.45, 2.75) is 25.9 Å². The highest BCUT2D eigenvalue weighted by molar-refractivity contribution is 9.10. The summed E-state index contributed by atoms with van der Waals surface area (Å²) in [5.74, 6) is -2.20. The van der Waals surface area contributed by atoms with Gasteiger partial charge in [-0.3, -0.25) is 19.2 Å². The van der Waals surface area contributed by atoms with Crippen molar-refractivity contribution in [2.24, 2.45) is 11.7 Å². The van der Waals surface area contributed by atoms with Gasteiger partial charge >= 0.3 is 0 Å². The molecule has 11 heteroatoms. The largest absolute Gasteiger partial charge is 0.496 e. The molecule has 0 saturated heterocycles. The van der Waals surface area contributed by atoms with Crippen molar-refractivity contribution in [3.8, 4) is 5.75 Å². The molecule has 0 radical (unpaired) electrons. The number of ether oxygens (including phenoxy) is 1. The van der Waals surface area contributed by atoms with Gasteiger partial charge in [0, 0.05) is 34.8 Å². The van der Waals surface area contributed by atoms with Crippen LogP contribution in [0, 0.1) is 5.92 Å². The van der Waals surface area contributed by atoms with E-state index >= 15 is 0 Å². The summed E-state index contributed by atoms with van der Waals surface area (Å²) in [7, 11) is 3.15. The summed E-state index contributed by atoms with van der Waals surface area (Å²) in [6.45, 7) is 2.95. The molecule has 0 bridgehead atoms. The molecular weight excluding hydrogens is 638 g/mol. The van der Waals surface area contributed by atoms with Crippen LogP contribution < -0.4 is 30.9 Å². The number of nitrogens with two attached hydrogens (primary N) is 1. The first-order valence-electron chi connectivity index (χ1n) is 14.3. The first-order chi connectivity index (χ1) is 21.5.